The fourth-order valence-electron chi connectivity index (χ4n) is 3.51. The van der Waals surface area contributed by atoms with Gasteiger partial charge in [0.2, 0.25) is 0 Å². The van der Waals surface area contributed by atoms with E-state index in [9.17, 15) is 9.18 Å². The number of amidine groups is 1. The lowest BCUT2D eigenvalue weighted by Crippen LogP contribution is -2.29. The normalized spacial score (nSPS) is 19.2. The number of fused-ring (bicyclic) bond motifs is 1. The molecule has 1 unspecified atom stereocenters. The van der Waals surface area contributed by atoms with Gasteiger partial charge in [-0.15, -0.1) is 5.10 Å². The van der Waals surface area contributed by atoms with E-state index in [0.717, 1.165) is 23.3 Å². The van der Waals surface area contributed by atoms with Gasteiger partial charge in [-0.1, -0.05) is 23.0 Å². The Morgan fingerprint density at radius 3 is 2.83 bits per heavy atom. The lowest BCUT2D eigenvalue weighted by atomic mass is 9.89. The summed E-state index contributed by atoms with van der Waals surface area (Å²) in [5.74, 6) is -0.0915. The van der Waals surface area contributed by atoms with Crippen molar-refractivity contribution in [2.75, 3.05) is 11.1 Å². The van der Waals surface area contributed by atoms with Crippen LogP contribution in [-0.2, 0) is 5.54 Å². The number of aromatic nitrogens is 3. The maximum atomic E-state index is 14.5. The largest absolute Gasteiger partial charge is 0.379 e. The summed E-state index contributed by atoms with van der Waals surface area (Å²) in [6.07, 6.45) is 0.777. The molecule has 0 bridgehead atoms. The van der Waals surface area contributed by atoms with E-state index in [-0.39, 0.29) is 11.7 Å². The van der Waals surface area contributed by atoms with Gasteiger partial charge in [-0.25, -0.2) is 9.07 Å². The van der Waals surface area contributed by atoms with Crippen molar-refractivity contribution >= 4 is 39.6 Å². The molecule has 3 aromatic rings. The SMILES string of the molecule is CC(C)n1nnc2cc(C(=O)Nc3cc(C4(C)CCSC(N)=N4)ccc3F)ccc21. The third kappa shape index (κ3) is 3.77. The summed E-state index contributed by atoms with van der Waals surface area (Å²) in [4.78, 5) is 17.3. The van der Waals surface area contributed by atoms with Crippen molar-refractivity contribution in [2.45, 2.75) is 38.8 Å². The second-order valence-corrected chi connectivity index (χ2v) is 8.92. The van der Waals surface area contributed by atoms with Crippen molar-refractivity contribution in [3.05, 3.63) is 53.3 Å². The van der Waals surface area contributed by atoms with Gasteiger partial charge >= 0.3 is 0 Å². The van der Waals surface area contributed by atoms with Crippen molar-refractivity contribution in [1.29, 1.82) is 0 Å². The number of hydrogen-bond acceptors (Lipinski definition) is 6. The summed E-state index contributed by atoms with van der Waals surface area (Å²) in [6.45, 7) is 5.98. The Morgan fingerprint density at radius 1 is 1.30 bits per heavy atom. The molecule has 3 N–H and O–H groups in total. The number of hydrogen-bond donors (Lipinski definition) is 2. The monoisotopic (exact) mass is 426 g/mol. The summed E-state index contributed by atoms with van der Waals surface area (Å²) < 4.78 is 16.2. The quantitative estimate of drug-likeness (QED) is 0.655. The van der Waals surface area contributed by atoms with E-state index in [2.05, 4.69) is 20.6 Å². The molecule has 0 saturated carbocycles. The van der Waals surface area contributed by atoms with Gasteiger partial charge < -0.3 is 11.1 Å². The number of amides is 1. The molecule has 1 amide bonds. The van der Waals surface area contributed by atoms with Crippen LogP contribution in [0.1, 0.15) is 49.2 Å². The fourth-order valence-corrected chi connectivity index (χ4v) is 4.48. The smallest absolute Gasteiger partial charge is 0.255 e. The molecule has 4 rings (SSSR count). The Morgan fingerprint density at radius 2 is 2.10 bits per heavy atom. The number of thioether (sulfide) groups is 1. The minimum absolute atomic E-state index is 0.108. The molecule has 30 heavy (non-hydrogen) atoms. The predicted octanol–water partition coefficient (Wildman–Crippen LogP) is 4.07. The fraction of sp³-hybridized carbons (Fsp3) is 0.333. The maximum absolute atomic E-state index is 14.5. The molecule has 1 atom stereocenters. The van der Waals surface area contributed by atoms with E-state index < -0.39 is 17.3 Å². The van der Waals surface area contributed by atoms with Crippen LogP contribution in [0.3, 0.4) is 0 Å². The Labute approximate surface area is 177 Å². The molecule has 0 fully saturated rings. The third-order valence-electron chi connectivity index (χ3n) is 5.25. The van der Waals surface area contributed by atoms with Gasteiger partial charge in [0.1, 0.15) is 11.3 Å². The summed E-state index contributed by atoms with van der Waals surface area (Å²) >= 11 is 1.51. The molecule has 7 nitrogen and oxygen atoms in total. The van der Waals surface area contributed by atoms with Crippen LogP contribution in [0.2, 0.25) is 0 Å². The maximum Gasteiger partial charge on any atom is 0.255 e. The molecular weight excluding hydrogens is 403 g/mol. The minimum Gasteiger partial charge on any atom is -0.379 e. The predicted molar refractivity (Wildman–Crippen MR) is 118 cm³/mol. The number of anilines is 1. The van der Waals surface area contributed by atoms with Gasteiger partial charge in [-0.3, -0.25) is 9.79 Å². The number of carbonyl (C=O) groups excluding carboxylic acids is 1. The number of benzene rings is 2. The minimum atomic E-state index is -0.545. The summed E-state index contributed by atoms with van der Waals surface area (Å²) in [5.41, 5.74) is 8.10. The van der Waals surface area contributed by atoms with Crippen LogP contribution < -0.4 is 11.1 Å². The number of rotatable bonds is 4. The number of nitrogens with two attached hydrogens (primary N) is 1. The van der Waals surface area contributed by atoms with Gasteiger partial charge in [-0.05, 0) is 63.1 Å². The molecule has 0 spiro atoms. The molecule has 9 heteroatoms. The number of nitrogens with zero attached hydrogens (tertiary/aromatic N) is 4. The Bertz CT molecular complexity index is 1160. The first kappa shape index (κ1) is 20.3. The van der Waals surface area contributed by atoms with Gasteiger partial charge in [0.15, 0.2) is 5.17 Å². The van der Waals surface area contributed by atoms with Crippen molar-refractivity contribution in [3.63, 3.8) is 0 Å². The first-order chi connectivity index (χ1) is 14.3. The van der Waals surface area contributed by atoms with Crippen LogP contribution in [-0.4, -0.2) is 31.8 Å². The molecular formula is C21H23FN6OS. The summed E-state index contributed by atoms with van der Waals surface area (Å²) in [7, 11) is 0. The lowest BCUT2D eigenvalue weighted by molar-refractivity contribution is 0.102. The van der Waals surface area contributed by atoms with Crippen LogP contribution in [0.25, 0.3) is 11.0 Å². The second-order valence-electron chi connectivity index (χ2n) is 7.80. The highest BCUT2D eigenvalue weighted by atomic mass is 32.2. The first-order valence-electron chi connectivity index (χ1n) is 9.71. The zero-order valence-corrected chi connectivity index (χ0v) is 17.8. The zero-order valence-electron chi connectivity index (χ0n) is 17.0. The highest BCUT2D eigenvalue weighted by molar-refractivity contribution is 8.13. The van der Waals surface area contributed by atoms with Crippen molar-refractivity contribution in [1.82, 2.24) is 15.0 Å². The number of nitrogens with one attached hydrogen (secondary N) is 1. The van der Waals surface area contributed by atoms with Crippen LogP contribution in [0.5, 0.6) is 0 Å². The number of halogens is 1. The Hall–Kier alpha value is -2.94. The highest BCUT2D eigenvalue weighted by Gasteiger charge is 2.30. The Balaban J connectivity index is 1.62. The van der Waals surface area contributed by atoms with E-state index >= 15 is 0 Å². The summed E-state index contributed by atoms with van der Waals surface area (Å²) in [6, 6.07) is 9.97. The Kier molecular flexibility index (Phi) is 5.23. The highest BCUT2D eigenvalue weighted by Crippen LogP contribution is 2.36. The van der Waals surface area contributed by atoms with E-state index in [4.69, 9.17) is 5.73 Å². The van der Waals surface area contributed by atoms with E-state index in [1.54, 1.807) is 35.0 Å². The van der Waals surface area contributed by atoms with Gasteiger partial charge in [0.05, 0.1) is 16.7 Å². The second kappa shape index (κ2) is 7.71. The molecule has 1 aliphatic rings. The standard InChI is InChI=1S/C21H23FN6OS/c1-12(2)28-18-7-4-13(10-17(18)26-27-28)19(29)24-16-11-14(5-6-15(16)22)21(3)8-9-30-20(23)25-21/h4-7,10-12H,8-9H2,1-3H3,(H2,23,25)(H,24,29). The zero-order chi connectivity index (χ0) is 21.5. The van der Waals surface area contributed by atoms with Crippen LogP contribution >= 0.6 is 11.8 Å². The molecule has 0 aliphatic carbocycles. The number of aliphatic imine (C=N–C) groups is 1. The van der Waals surface area contributed by atoms with Crippen molar-refractivity contribution < 1.29 is 9.18 Å². The van der Waals surface area contributed by atoms with E-state index in [0.29, 0.717) is 16.2 Å². The van der Waals surface area contributed by atoms with Crippen LogP contribution in [0.15, 0.2) is 41.4 Å². The lowest BCUT2D eigenvalue weighted by Gasteiger charge is -2.30. The molecule has 2 aromatic carbocycles. The van der Waals surface area contributed by atoms with Gasteiger partial charge in [0.25, 0.3) is 5.91 Å². The molecule has 0 radical (unpaired) electrons. The van der Waals surface area contributed by atoms with Crippen LogP contribution in [0.4, 0.5) is 10.1 Å². The molecule has 0 saturated heterocycles. The third-order valence-corrected chi connectivity index (χ3v) is 6.05. The van der Waals surface area contributed by atoms with Crippen LogP contribution in [0, 0.1) is 5.82 Å². The van der Waals surface area contributed by atoms with E-state index in [1.807, 2.05) is 20.8 Å². The van der Waals surface area contributed by atoms with Gasteiger partial charge in [-0.2, -0.15) is 0 Å². The average Bonchev–Trinajstić information content (AvgIpc) is 3.13. The average molecular weight is 427 g/mol. The molecule has 1 aliphatic heterocycles. The topological polar surface area (TPSA) is 98.2 Å². The van der Waals surface area contributed by atoms with Crippen molar-refractivity contribution in [3.8, 4) is 0 Å². The van der Waals surface area contributed by atoms with Crippen molar-refractivity contribution in [2.24, 2.45) is 10.7 Å². The molecule has 1 aromatic heterocycles. The van der Waals surface area contributed by atoms with Gasteiger partial charge in [0, 0.05) is 17.4 Å². The van der Waals surface area contributed by atoms with E-state index in [1.165, 1.54) is 17.8 Å². The first-order valence-corrected chi connectivity index (χ1v) is 10.7. The molecule has 2 heterocycles. The molecule has 156 valence electrons. The number of carbonyl (C=O) groups is 1. The summed E-state index contributed by atoms with van der Waals surface area (Å²) in [5, 5.41) is 11.4.